The van der Waals surface area contributed by atoms with Gasteiger partial charge in [-0.25, -0.2) is 9.37 Å². The number of hydrogen-bond acceptors (Lipinski definition) is 4. The molecule has 0 saturated carbocycles. The summed E-state index contributed by atoms with van der Waals surface area (Å²) in [5, 5.41) is 2.83. The van der Waals surface area contributed by atoms with Crippen LogP contribution in [0.5, 0.6) is 0 Å². The zero-order valence-electron chi connectivity index (χ0n) is 16.0. The van der Waals surface area contributed by atoms with Gasteiger partial charge in [0.15, 0.2) is 0 Å². The second kappa shape index (κ2) is 8.84. The Morgan fingerprint density at radius 3 is 2.41 bits per heavy atom. The zero-order chi connectivity index (χ0) is 19.2. The third kappa shape index (κ3) is 4.56. The molecule has 1 saturated heterocycles. The van der Waals surface area contributed by atoms with Crippen LogP contribution < -0.4 is 15.1 Å². The van der Waals surface area contributed by atoms with Gasteiger partial charge in [0.25, 0.3) is 0 Å². The number of aromatic nitrogens is 1. The first kappa shape index (κ1) is 19.1. The Morgan fingerprint density at radius 1 is 1.11 bits per heavy atom. The van der Waals surface area contributed by atoms with Gasteiger partial charge in [0.1, 0.15) is 11.6 Å². The van der Waals surface area contributed by atoms with Crippen LogP contribution in [-0.2, 0) is 4.79 Å². The summed E-state index contributed by atoms with van der Waals surface area (Å²) in [7, 11) is 0. The summed E-state index contributed by atoms with van der Waals surface area (Å²) in [6.45, 7) is 7.03. The van der Waals surface area contributed by atoms with Gasteiger partial charge in [-0.1, -0.05) is 19.9 Å². The van der Waals surface area contributed by atoms with Crippen molar-refractivity contribution in [3.05, 3.63) is 48.4 Å². The normalized spacial score (nSPS) is 14.5. The Morgan fingerprint density at radius 2 is 1.81 bits per heavy atom. The Labute approximate surface area is 160 Å². The first-order valence-electron chi connectivity index (χ1n) is 9.63. The monoisotopic (exact) mass is 370 g/mol. The average molecular weight is 370 g/mol. The first-order chi connectivity index (χ1) is 13.1. The Balaban J connectivity index is 1.62. The Bertz CT molecular complexity index is 756. The van der Waals surface area contributed by atoms with E-state index in [0.29, 0.717) is 11.4 Å². The summed E-state index contributed by atoms with van der Waals surface area (Å²) in [5.74, 6) is 0.573. The number of hydrogen-bond donors (Lipinski definition) is 1. The van der Waals surface area contributed by atoms with E-state index >= 15 is 0 Å². The SMILES string of the molecule is CCC(CC)C(=O)Nc1ccc(N2CCN(c3ccccn3)CC2)c(F)c1. The van der Waals surface area contributed by atoms with E-state index in [-0.39, 0.29) is 17.6 Å². The first-order valence-corrected chi connectivity index (χ1v) is 9.63. The second-order valence-electron chi connectivity index (χ2n) is 6.83. The summed E-state index contributed by atoms with van der Waals surface area (Å²) in [4.78, 5) is 20.8. The number of carbonyl (C=O) groups is 1. The highest BCUT2D eigenvalue weighted by atomic mass is 19.1. The fourth-order valence-corrected chi connectivity index (χ4v) is 3.46. The molecule has 0 atom stereocenters. The predicted octanol–water partition coefficient (Wildman–Crippen LogP) is 3.92. The smallest absolute Gasteiger partial charge is 0.227 e. The van der Waals surface area contributed by atoms with Crippen molar-refractivity contribution in [2.24, 2.45) is 5.92 Å². The molecule has 1 aliphatic heterocycles. The number of anilines is 3. The van der Waals surface area contributed by atoms with Gasteiger partial charge < -0.3 is 15.1 Å². The van der Waals surface area contributed by atoms with Crippen LogP contribution in [0.4, 0.5) is 21.6 Å². The minimum Gasteiger partial charge on any atom is -0.366 e. The van der Waals surface area contributed by atoms with E-state index < -0.39 is 0 Å². The maximum Gasteiger partial charge on any atom is 0.227 e. The van der Waals surface area contributed by atoms with Gasteiger partial charge in [0.2, 0.25) is 5.91 Å². The molecule has 1 fully saturated rings. The summed E-state index contributed by atoms with van der Waals surface area (Å²) in [5.41, 5.74) is 1.09. The lowest BCUT2D eigenvalue weighted by atomic mass is 10.0. The van der Waals surface area contributed by atoms with Crippen LogP contribution in [0.25, 0.3) is 0 Å². The molecule has 0 aliphatic carbocycles. The molecule has 144 valence electrons. The number of piperazine rings is 1. The molecular formula is C21H27FN4O. The average Bonchev–Trinajstić information content (AvgIpc) is 2.70. The molecule has 5 nitrogen and oxygen atoms in total. The molecule has 1 aromatic carbocycles. The van der Waals surface area contributed by atoms with Gasteiger partial charge in [-0.2, -0.15) is 0 Å². The molecule has 1 N–H and O–H groups in total. The van der Waals surface area contributed by atoms with Gasteiger partial charge in [0.05, 0.1) is 5.69 Å². The van der Waals surface area contributed by atoms with Crippen LogP contribution in [-0.4, -0.2) is 37.1 Å². The zero-order valence-corrected chi connectivity index (χ0v) is 16.0. The topological polar surface area (TPSA) is 48.5 Å². The molecule has 2 aromatic rings. The third-order valence-corrected chi connectivity index (χ3v) is 5.17. The van der Waals surface area contributed by atoms with Crippen LogP contribution in [0.3, 0.4) is 0 Å². The van der Waals surface area contributed by atoms with Crippen LogP contribution in [0.1, 0.15) is 26.7 Å². The van der Waals surface area contributed by atoms with E-state index in [4.69, 9.17) is 0 Å². The number of amides is 1. The number of carbonyl (C=O) groups excluding carboxylic acids is 1. The third-order valence-electron chi connectivity index (χ3n) is 5.17. The van der Waals surface area contributed by atoms with Crippen molar-refractivity contribution in [1.29, 1.82) is 0 Å². The summed E-state index contributed by atoms with van der Waals surface area (Å²) in [6, 6.07) is 10.8. The molecule has 0 bridgehead atoms. The van der Waals surface area contributed by atoms with E-state index in [1.54, 1.807) is 18.3 Å². The van der Waals surface area contributed by atoms with Crippen molar-refractivity contribution < 1.29 is 9.18 Å². The van der Waals surface area contributed by atoms with Crippen LogP contribution in [0, 0.1) is 11.7 Å². The quantitative estimate of drug-likeness (QED) is 0.837. The molecule has 27 heavy (non-hydrogen) atoms. The molecule has 1 amide bonds. The number of rotatable bonds is 6. The molecule has 0 spiro atoms. The van der Waals surface area contributed by atoms with Crippen LogP contribution in [0.15, 0.2) is 42.6 Å². The van der Waals surface area contributed by atoms with E-state index in [1.807, 2.05) is 36.9 Å². The van der Waals surface area contributed by atoms with Gasteiger partial charge in [0, 0.05) is 44.0 Å². The predicted molar refractivity (Wildman–Crippen MR) is 108 cm³/mol. The van der Waals surface area contributed by atoms with Crippen molar-refractivity contribution in [2.45, 2.75) is 26.7 Å². The highest BCUT2D eigenvalue weighted by molar-refractivity contribution is 5.92. The highest BCUT2D eigenvalue weighted by Gasteiger charge is 2.21. The number of halogens is 1. The number of nitrogens with zero attached hydrogens (tertiary/aromatic N) is 3. The fraction of sp³-hybridized carbons (Fsp3) is 0.429. The maximum absolute atomic E-state index is 14.7. The van der Waals surface area contributed by atoms with E-state index in [0.717, 1.165) is 44.8 Å². The largest absolute Gasteiger partial charge is 0.366 e. The van der Waals surface area contributed by atoms with E-state index in [2.05, 4.69) is 15.2 Å². The van der Waals surface area contributed by atoms with Gasteiger partial charge in [-0.15, -0.1) is 0 Å². The highest BCUT2D eigenvalue weighted by Crippen LogP contribution is 2.25. The van der Waals surface area contributed by atoms with Crippen molar-refractivity contribution in [3.8, 4) is 0 Å². The molecule has 3 rings (SSSR count). The maximum atomic E-state index is 14.7. The molecule has 0 unspecified atom stereocenters. The second-order valence-corrected chi connectivity index (χ2v) is 6.83. The lowest BCUT2D eigenvalue weighted by Gasteiger charge is -2.36. The number of benzene rings is 1. The van der Waals surface area contributed by atoms with Crippen molar-refractivity contribution >= 4 is 23.1 Å². The van der Waals surface area contributed by atoms with E-state index in [1.165, 1.54) is 6.07 Å². The lowest BCUT2D eigenvalue weighted by Crippen LogP contribution is -2.47. The summed E-state index contributed by atoms with van der Waals surface area (Å²) >= 11 is 0. The van der Waals surface area contributed by atoms with Crippen molar-refractivity contribution in [2.75, 3.05) is 41.3 Å². The van der Waals surface area contributed by atoms with E-state index in [9.17, 15) is 9.18 Å². The minimum atomic E-state index is -0.302. The standard InChI is InChI=1S/C21H27FN4O/c1-3-16(4-2)21(27)24-17-8-9-19(18(22)15-17)25-11-13-26(14-12-25)20-7-5-6-10-23-20/h5-10,15-16H,3-4,11-14H2,1-2H3,(H,24,27). The van der Waals surface area contributed by atoms with Gasteiger partial charge in [-0.3, -0.25) is 4.79 Å². The molecule has 1 aliphatic rings. The Kier molecular flexibility index (Phi) is 6.27. The Hall–Kier alpha value is -2.63. The molecule has 2 heterocycles. The molecular weight excluding hydrogens is 343 g/mol. The van der Waals surface area contributed by atoms with Crippen molar-refractivity contribution in [3.63, 3.8) is 0 Å². The molecule has 0 radical (unpaired) electrons. The van der Waals surface area contributed by atoms with Crippen LogP contribution in [0.2, 0.25) is 0 Å². The fourth-order valence-electron chi connectivity index (χ4n) is 3.46. The van der Waals surface area contributed by atoms with Crippen molar-refractivity contribution in [1.82, 2.24) is 4.98 Å². The van der Waals surface area contributed by atoms with Gasteiger partial charge in [-0.05, 0) is 43.2 Å². The molecule has 1 aromatic heterocycles. The minimum absolute atomic E-state index is 0.0348. The summed E-state index contributed by atoms with van der Waals surface area (Å²) < 4.78 is 14.7. The summed E-state index contributed by atoms with van der Waals surface area (Å²) in [6.07, 6.45) is 3.35. The van der Waals surface area contributed by atoms with Gasteiger partial charge >= 0.3 is 0 Å². The molecule has 6 heteroatoms. The number of nitrogens with one attached hydrogen (secondary N) is 1. The van der Waals surface area contributed by atoms with Crippen LogP contribution >= 0.6 is 0 Å². The number of pyridine rings is 1. The lowest BCUT2D eigenvalue weighted by molar-refractivity contribution is -0.120.